The Balaban J connectivity index is 0.958. The number of fused-ring (bicyclic) bond motifs is 2. The number of rotatable bonds is 41. The molecule has 3 atom stereocenters. The van der Waals surface area contributed by atoms with Crippen LogP contribution in [0.5, 0.6) is 5.75 Å². The molecule has 7 N–H and O–H groups in total. The van der Waals surface area contributed by atoms with Crippen LogP contribution in [0.4, 0.5) is 16.2 Å². The largest absolute Gasteiger partial charge is 0.481 e. The number of hydrogen-bond donors (Lipinski definition) is 7. The van der Waals surface area contributed by atoms with E-state index in [0.29, 0.717) is 77.2 Å². The summed E-state index contributed by atoms with van der Waals surface area (Å²) in [6.45, 7) is 14.0. The maximum absolute atomic E-state index is 13.1. The van der Waals surface area contributed by atoms with Gasteiger partial charge in [0.1, 0.15) is 47.5 Å². The first kappa shape index (κ1) is 75.0. The lowest BCUT2D eigenvalue weighted by molar-refractivity contribution is -0.438. The van der Waals surface area contributed by atoms with Gasteiger partial charge in [-0.2, -0.15) is 13.0 Å². The van der Waals surface area contributed by atoms with E-state index in [0.717, 1.165) is 91.1 Å². The Bertz CT molecular complexity index is 3470. The quantitative estimate of drug-likeness (QED) is 0.0158. The van der Waals surface area contributed by atoms with Gasteiger partial charge >= 0.3 is 23.9 Å². The van der Waals surface area contributed by atoms with Crippen LogP contribution in [0.2, 0.25) is 0 Å². The van der Waals surface area contributed by atoms with Crippen molar-refractivity contribution in [2.45, 2.75) is 223 Å². The van der Waals surface area contributed by atoms with Crippen molar-refractivity contribution in [2.75, 3.05) is 24.5 Å². The smallest absolute Gasteiger partial charge is 0.326 e. The number of allylic oxidation sites excluding steroid dienone is 7. The van der Waals surface area contributed by atoms with Crippen LogP contribution in [-0.4, -0.2) is 117 Å². The minimum absolute atomic E-state index is 0.0141. The van der Waals surface area contributed by atoms with Gasteiger partial charge in [-0.25, -0.2) is 14.4 Å². The molecule has 510 valence electrons. The molecule has 20 nitrogen and oxygen atoms in total. The van der Waals surface area contributed by atoms with Gasteiger partial charge in [-0.1, -0.05) is 88.9 Å². The molecule has 0 radical (unpaired) electrons. The Kier molecular flexibility index (Phi) is 28.7. The van der Waals surface area contributed by atoms with Crippen molar-refractivity contribution in [3.05, 3.63) is 131 Å². The molecule has 3 amide bonds. The SMILES string of the molecule is CCCC[N+]1=C(C=CC2=C(Oc3ccccc3)C(=CC=C3N(CCCCCC(=O)CCCCCC(CC(=O)CCCCC(=O)NCCCCC(NC(=O)NC(CCC(C)=O)C(=O)O)C(=O)O)C(=O)O)c4ccc(S(=O)(=O)O)cc4C3(C)C)CCC2)C(C)(C)c2ccccc21. The second-order valence-corrected chi connectivity index (χ2v) is 27.5. The zero-order chi connectivity index (χ0) is 68.6. The van der Waals surface area contributed by atoms with Gasteiger partial charge in [0.25, 0.3) is 10.1 Å². The van der Waals surface area contributed by atoms with Crippen LogP contribution in [0.15, 0.2) is 125 Å². The zero-order valence-electron chi connectivity index (χ0n) is 55.6. The lowest BCUT2D eigenvalue weighted by Crippen LogP contribution is -2.51. The number of carbonyl (C=O) groups is 8. The lowest BCUT2D eigenvalue weighted by atomic mass is 9.81. The molecule has 0 fully saturated rings. The van der Waals surface area contributed by atoms with Crippen molar-refractivity contribution >= 4 is 74.4 Å². The molecule has 0 saturated carbocycles. The number of urea groups is 1. The minimum atomic E-state index is -4.48. The third-order valence-corrected chi connectivity index (χ3v) is 18.9. The highest BCUT2D eigenvalue weighted by Gasteiger charge is 2.44. The van der Waals surface area contributed by atoms with Crippen LogP contribution < -0.4 is 25.6 Å². The summed E-state index contributed by atoms with van der Waals surface area (Å²) >= 11 is 0. The molecule has 2 aliphatic heterocycles. The van der Waals surface area contributed by atoms with Crippen molar-refractivity contribution in [1.29, 1.82) is 0 Å². The van der Waals surface area contributed by atoms with Gasteiger partial charge in [-0.05, 0) is 163 Å². The number of amides is 3. The molecule has 94 heavy (non-hydrogen) atoms. The van der Waals surface area contributed by atoms with Crippen molar-refractivity contribution in [3.63, 3.8) is 0 Å². The summed E-state index contributed by atoms with van der Waals surface area (Å²) in [5.74, 6) is -3.64. The van der Waals surface area contributed by atoms with Gasteiger partial charge in [-0.15, -0.1) is 0 Å². The fourth-order valence-electron chi connectivity index (χ4n) is 12.7. The molecule has 0 spiro atoms. The standard InChI is InChI=1S/C73H97N5O15S/c1-7-8-46-77-62-35-19-18-33-58(62)72(3,4)64(77)43-38-51-26-24-27-52(67(51)93-56-31-15-10-16-32-56)39-44-65-73(5,6)59-49-57(94(90,91)92)40-42-63(59)78(65)47-23-11-14-29-54(80)28-13-9-12-25-53(68(83)84)48-55(81)30-17-20-36-66(82)74-45-22-21-34-60(69(85)86)75-71(89)76-61(70(87)88)41-37-50(2)79/h10,15-16,18-19,31-33,35,38-40,42-44,49,53,60-61H,7-9,11-14,17,20-30,34,36-37,41,45-48H2,1-6H3,(H6-,74,75,76,82,83,84,85,86,87,88,89,90,91,92)/p+1. The number of carboxylic acids is 3. The van der Waals surface area contributed by atoms with Gasteiger partial charge in [-0.3, -0.25) is 23.7 Å². The van der Waals surface area contributed by atoms with E-state index in [-0.39, 0.29) is 78.6 Å². The molecular weight excluding hydrogens is 1220 g/mol. The molecule has 0 saturated heterocycles. The number of para-hydroxylation sites is 2. The summed E-state index contributed by atoms with van der Waals surface area (Å²) in [7, 11) is -4.48. The van der Waals surface area contributed by atoms with Crippen molar-refractivity contribution in [3.8, 4) is 5.75 Å². The Morgan fingerprint density at radius 2 is 1.30 bits per heavy atom. The number of aliphatic carboxylic acids is 3. The van der Waals surface area contributed by atoms with E-state index in [1.165, 1.54) is 30.0 Å². The molecule has 3 aliphatic rings. The van der Waals surface area contributed by atoms with E-state index in [4.69, 9.17) is 4.74 Å². The Morgan fingerprint density at radius 1 is 0.660 bits per heavy atom. The molecule has 0 bridgehead atoms. The molecular formula is C73H98N5O15S+. The summed E-state index contributed by atoms with van der Waals surface area (Å²) in [4.78, 5) is 99.2. The van der Waals surface area contributed by atoms with Crippen molar-refractivity contribution in [2.24, 2.45) is 5.92 Å². The molecule has 3 unspecified atom stereocenters. The van der Waals surface area contributed by atoms with Gasteiger partial charge < -0.3 is 45.7 Å². The molecule has 3 aromatic rings. The third kappa shape index (κ3) is 22.0. The predicted molar refractivity (Wildman–Crippen MR) is 361 cm³/mol. The van der Waals surface area contributed by atoms with E-state index in [2.05, 4.69) is 109 Å². The number of benzene rings is 3. The van der Waals surface area contributed by atoms with E-state index in [1.807, 2.05) is 30.3 Å². The lowest BCUT2D eigenvalue weighted by Gasteiger charge is -2.27. The number of carbonyl (C=O) groups excluding carboxylic acids is 5. The Morgan fingerprint density at radius 3 is 1.97 bits per heavy atom. The number of ketones is 3. The van der Waals surface area contributed by atoms with Crippen LogP contribution in [0, 0.1) is 5.92 Å². The Hall–Kier alpha value is -8.04. The first-order chi connectivity index (χ1) is 44.7. The molecule has 1 aliphatic carbocycles. The average Bonchev–Trinajstić information content (AvgIpc) is 1.60. The minimum Gasteiger partial charge on any atom is -0.481 e. The van der Waals surface area contributed by atoms with E-state index >= 15 is 0 Å². The fraction of sp³-hybridized carbons (Fsp3) is 0.521. The van der Waals surface area contributed by atoms with Gasteiger partial charge in [0.15, 0.2) is 5.71 Å². The molecule has 2 heterocycles. The van der Waals surface area contributed by atoms with Crippen LogP contribution in [0.25, 0.3) is 0 Å². The molecule has 3 aromatic carbocycles. The maximum Gasteiger partial charge on any atom is 0.326 e. The third-order valence-electron chi connectivity index (χ3n) is 18.0. The first-order valence-corrected chi connectivity index (χ1v) is 34.9. The average molecular weight is 1320 g/mol. The summed E-state index contributed by atoms with van der Waals surface area (Å²) in [6, 6.07) is 19.6. The number of nitrogens with zero attached hydrogens (tertiary/aromatic N) is 2. The van der Waals surface area contributed by atoms with Crippen LogP contribution >= 0.6 is 0 Å². The predicted octanol–water partition coefficient (Wildman–Crippen LogP) is 13.0. The number of hydrogen-bond acceptors (Lipinski definition) is 12. The zero-order valence-corrected chi connectivity index (χ0v) is 56.5. The number of ether oxygens (including phenoxy) is 1. The van der Waals surface area contributed by atoms with Crippen molar-refractivity contribution in [1.82, 2.24) is 16.0 Å². The number of unbranched alkanes of at least 4 members (excludes halogenated alkanes) is 7. The molecule has 0 aromatic heterocycles. The highest BCUT2D eigenvalue weighted by Crippen LogP contribution is 2.49. The molecule has 6 rings (SSSR count). The van der Waals surface area contributed by atoms with E-state index in [1.54, 1.807) is 12.1 Å². The second kappa shape index (κ2) is 36.0. The van der Waals surface area contributed by atoms with Crippen LogP contribution in [0.3, 0.4) is 0 Å². The highest BCUT2D eigenvalue weighted by atomic mass is 32.2. The maximum atomic E-state index is 13.1. The summed E-state index contributed by atoms with van der Waals surface area (Å²) < 4.78 is 44.4. The highest BCUT2D eigenvalue weighted by molar-refractivity contribution is 7.85. The monoisotopic (exact) mass is 1320 g/mol. The fourth-order valence-corrected chi connectivity index (χ4v) is 13.2. The van der Waals surface area contributed by atoms with Gasteiger partial charge in [0.2, 0.25) is 11.6 Å². The molecule has 21 heteroatoms. The van der Waals surface area contributed by atoms with E-state index < -0.39 is 57.5 Å². The second-order valence-electron chi connectivity index (χ2n) is 26.1. The number of anilines is 1. The number of carboxylic acid groups (broad SMARTS) is 3. The summed E-state index contributed by atoms with van der Waals surface area (Å²) in [5.41, 5.74) is 7.66. The number of Topliss-reactive ketones (excluding diaryl/α,β-unsaturated/α-hetero) is 3. The van der Waals surface area contributed by atoms with Crippen molar-refractivity contribution < 1.29 is 76.0 Å². The van der Waals surface area contributed by atoms with E-state index in [9.17, 15) is 66.6 Å². The van der Waals surface area contributed by atoms with Crippen LogP contribution in [0.1, 0.15) is 207 Å². The topological polar surface area (TPSA) is 303 Å². The number of nitrogens with one attached hydrogen (secondary N) is 3. The van der Waals surface area contributed by atoms with Gasteiger partial charge in [0.05, 0.1) is 16.2 Å². The summed E-state index contributed by atoms with van der Waals surface area (Å²) in [6.07, 6.45) is 20.0. The van der Waals surface area contributed by atoms with Gasteiger partial charge in [0, 0.05) is 92.5 Å². The first-order valence-electron chi connectivity index (χ1n) is 33.5. The Labute approximate surface area is 554 Å². The summed E-state index contributed by atoms with van der Waals surface area (Å²) in [5, 5.41) is 35.9. The normalized spacial score (nSPS) is 16.8. The van der Waals surface area contributed by atoms with Crippen LogP contribution in [-0.2, 0) is 54.5 Å².